The van der Waals surface area contributed by atoms with Crippen molar-refractivity contribution >= 4 is 19.4 Å². The minimum absolute atomic E-state index is 0.133. The monoisotopic (exact) mass is 253 g/mol. The highest BCUT2D eigenvalue weighted by Crippen LogP contribution is 2.45. The molecule has 1 unspecified atom stereocenters. The molecule has 1 aliphatic heterocycles. The second-order valence-electron chi connectivity index (χ2n) is 3.68. The summed E-state index contributed by atoms with van der Waals surface area (Å²) in [6, 6.07) is 9.58. The van der Waals surface area contributed by atoms with Crippen LogP contribution in [-0.4, -0.2) is 21.3 Å². The summed E-state index contributed by atoms with van der Waals surface area (Å²) in [5.41, 5.74) is 1.53. The zero-order valence-corrected chi connectivity index (χ0v) is 9.83. The van der Waals surface area contributed by atoms with Crippen LogP contribution in [0, 0.1) is 0 Å². The van der Waals surface area contributed by atoms with Crippen molar-refractivity contribution in [2.45, 2.75) is 12.3 Å². The lowest BCUT2D eigenvalue weighted by Gasteiger charge is -2.08. The fourth-order valence-corrected chi connectivity index (χ4v) is 2.01. The lowest BCUT2D eigenvalue weighted by atomic mass is 10.2. The Morgan fingerprint density at radius 3 is 2.59 bits per heavy atom. The van der Waals surface area contributed by atoms with Gasteiger partial charge >= 0.3 is 7.60 Å². The molecule has 0 amide bonds. The quantitative estimate of drug-likeness (QED) is 0.807. The molecule has 2 rings (SSSR count). The van der Waals surface area contributed by atoms with E-state index in [1.807, 2.05) is 36.4 Å². The molecule has 90 valence electrons. The normalized spacial score (nSPS) is 20.4. The van der Waals surface area contributed by atoms with Gasteiger partial charge in [-0.3, -0.25) is 4.57 Å². The molecule has 0 aliphatic carbocycles. The maximum Gasteiger partial charge on any atom is 0.368 e. The van der Waals surface area contributed by atoms with Gasteiger partial charge in [0, 0.05) is 6.42 Å². The molecule has 0 spiro atoms. The number of oxime groups is 1. The molecule has 2 N–H and O–H groups in total. The van der Waals surface area contributed by atoms with Crippen LogP contribution in [-0.2, 0) is 9.40 Å². The maximum atomic E-state index is 10.9. The first-order valence-corrected chi connectivity index (χ1v) is 6.75. The molecule has 1 aromatic carbocycles. The van der Waals surface area contributed by atoms with Gasteiger partial charge in [-0.15, -0.1) is 0 Å². The molecular formula is C11H12NO4P. The standard InChI is InChI=1S/C11H12NO4P/c13-17(14,15)11-8-10(12-16-11)7-6-9-4-2-1-3-5-9/h1-7,11H,8H2,(H2,13,14,15)/b7-6+. The van der Waals surface area contributed by atoms with E-state index in [9.17, 15) is 4.57 Å². The van der Waals surface area contributed by atoms with Gasteiger partial charge in [0.2, 0.25) is 5.85 Å². The molecule has 1 aliphatic rings. The SMILES string of the molecule is O=P(O)(O)C1CC(/C=C/c2ccccc2)=NO1. The summed E-state index contributed by atoms with van der Waals surface area (Å²) in [6.45, 7) is 0. The fraction of sp³-hybridized carbons (Fsp3) is 0.182. The molecule has 0 radical (unpaired) electrons. The van der Waals surface area contributed by atoms with Gasteiger partial charge in [-0.1, -0.05) is 41.6 Å². The highest BCUT2D eigenvalue weighted by Gasteiger charge is 2.35. The van der Waals surface area contributed by atoms with E-state index in [0.29, 0.717) is 5.71 Å². The predicted molar refractivity (Wildman–Crippen MR) is 64.4 cm³/mol. The second kappa shape index (κ2) is 4.84. The Morgan fingerprint density at radius 1 is 1.29 bits per heavy atom. The van der Waals surface area contributed by atoms with Crippen molar-refractivity contribution in [1.29, 1.82) is 0 Å². The van der Waals surface area contributed by atoms with Crippen LogP contribution in [0.3, 0.4) is 0 Å². The Labute approximate surface area is 98.6 Å². The van der Waals surface area contributed by atoms with Crippen molar-refractivity contribution in [3.8, 4) is 0 Å². The Balaban J connectivity index is 1.99. The van der Waals surface area contributed by atoms with Crippen molar-refractivity contribution in [1.82, 2.24) is 0 Å². The fourth-order valence-electron chi connectivity index (χ4n) is 1.42. The van der Waals surface area contributed by atoms with Crippen LogP contribution in [0.1, 0.15) is 12.0 Å². The van der Waals surface area contributed by atoms with E-state index in [4.69, 9.17) is 14.6 Å². The van der Waals surface area contributed by atoms with E-state index in [0.717, 1.165) is 5.56 Å². The van der Waals surface area contributed by atoms with E-state index in [1.165, 1.54) is 0 Å². The molecule has 1 atom stereocenters. The number of rotatable bonds is 3. The Kier molecular flexibility index (Phi) is 3.43. The van der Waals surface area contributed by atoms with Crippen molar-refractivity contribution in [2.75, 3.05) is 0 Å². The molecular weight excluding hydrogens is 241 g/mol. The lowest BCUT2D eigenvalue weighted by Crippen LogP contribution is -2.07. The van der Waals surface area contributed by atoms with Gasteiger partial charge in [0.25, 0.3) is 0 Å². The van der Waals surface area contributed by atoms with Crippen molar-refractivity contribution in [2.24, 2.45) is 5.16 Å². The van der Waals surface area contributed by atoms with Crippen LogP contribution < -0.4 is 0 Å². The molecule has 0 saturated heterocycles. The van der Waals surface area contributed by atoms with Crippen LogP contribution >= 0.6 is 7.60 Å². The van der Waals surface area contributed by atoms with Crippen LogP contribution in [0.25, 0.3) is 6.08 Å². The predicted octanol–water partition coefficient (Wildman–Crippen LogP) is 1.98. The zero-order valence-electron chi connectivity index (χ0n) is 8.93. The minimum Gasteiger partial charge on any atom is -0.379 e. The summed E-state index contributed by atoms with van der Waals surface area (Å²) < 4.78 is 10.9. The number of hydrogen-bond acceptors (Lipinski definition) is 3. The summed E-state index contributed by atoms with van der Waals surface area (Å²) in [7, 11) is -4.22. The van der Waals surface area contributed by atoms with E-state index < -0.39 is 13.4 Å². The third-order valence-corrected chi connectivity index (χ3v) is 3.35. The van der Waals surface area contributed by atoms with Gasteiger partial charge in [-0.25, -0.2) is 0 Å². The largest absolute Gasteiger partial charge is 0.379 e. The average Bonchev–Trinajstić information content (AvgIpc) is 2.76. The molecule has 0 saturated carbocycles. The Hall–Kier alpha value is -1.42. The van der Waals surface area contributed by atoms with Gasteiger partial charge in [-0.05, 0) is 11.6 Å². The number of benzene rings is 1. The molecule has 0 aromatic heterocycles. The van der Waals surface area contributed by atoms with E-state index >= 15 is 0 Å². The molecule has 5 nitrogen and oxygen atoms in total. The number of nitrogens with zero attached hydrogens (tertiary/aromatic N) is 1. The summed E-state index contributed by atoms with van der Waals surface area (Å²) in [6.07, 6.45) is 3.66. The van der Waals surface area contributed by atoms with Gasteiger partial charge in [-0.2, -0.15) is 0 Å². The van der Waals surface area contributed by atoms with E-state index in [-0.39, 0.29) is 6.42 Å². The summed E-state index contributed by atoms with van der Waals surface area (Å²) >= 11 is 0. The topological polar surface area (TPSA) is 79.1 Å². The highest BCUT2D eigenvalue weighted by molar-refractivity contribution is 7.52. The molecule has 6 heteroatoms. The lowest BCUT2D eigenvalue weighted by molar-refractivity contribution is 0.117. The third-order valence-electron chi connectivity index (χ3n) is 2.32. The summed E-state index contributed by atoms with van der Waals surface area (Å²) in [4.78, 5) is 22.5. The second-order valence-corrected chi connectivity index (χ2v) is 5.43. The molecule has 1 aromatic rings. The first kappa shape index (κ1) is 12.0. The Bertz CT molecular complexity index is 491. The maximum absolute atomic E-state index is 10.9. The zero-order chi connectivity index (χ0) is 12.3. The van der Waals surface area contributed by atoms with Gasteiger partial charge in [0.15, 0.2) is 0 Å². The number of allylic oxidation sites excluding steroid dienone is 1. The summed E-state index contributed by atoms with van der Waals surface area (Å²) in [5.74, 6) is -1.14. The molecule has 1 heterocycles. The van der Waals surface area contributed by atoms with E-state index in [1.54, 1.807) is 6.08 Å². The average molecular weight is 253 g/mol. The smallest absolute Gasteiger partial charge is 0.368 e. The number of hydrogen-bond donors (Lipinski definition) is 2. The van der Waals surface area contributed by atoms with Crippen LogP contribution in [0.15, 0.2) is 41.6 Å². The van der Waals surface area contributed by atoms with E-state index in [2.05, 4.69) is 5.16 Å². The minimum atomic E-state index is -4.22. The highest BCUT2D eigenvalue weighted by atomic mass is 31.2. The van der Waals surface area contributed by atoms with Crippen molar-refractivity contribution < 1.29 is 19.2 Å². The van der Waals surface area contributed by atoms with Gasteiger partial charge < -0.3 is 14.6 Å². The van der Waals surface area contributed by atoms with Crippen molar-refractivity contribution in [3.63, 3.8) is 0 Å². The van der Waals surface area contributed by atoms with Crippen LogP contribution in [0.2, 0.25) is 0 Å². The van der Waals surface area contributed by atoms with Gasteiger partial charge in [0.05, 0.1) is 5.71 Å². The Morgan fingerprint density at radius 2 is 2.00 bits per heavy atom. The molecule has 17 heavy (non-hydrogen) atoms. The molecule has 0 fully saturated rings. The molecule has 0 bridgehead atoms. The first-order valence-electron chi connectivity index (χ1n) is 5.07. The van der Waals surface area contributed by atoms with Crippen LogP contribution in [0.4, 0.5) is 0 Å². The van der Waals surface area contributed by atoms with Crippen LogP contribution in [0.5, 0.6) is 0 Å². The summed E-state index contributed by atoms with van der Waals surface area (Å²) in [5, 5.41) is 3.64. The third kappa shape index (κ3) is 3.27. The van der Waals surface area contributed by atoms with Crippen molar-refractivity contribution in [3.05, 3.63) is 42.0 Å². The van der Waals surface area contributed by atoms with Gasteiger partial charge in [0.1, 0.15) is 0 Å². The first-order chi connectivity index (χ1) is 8.05.